The molecular weight excluding hydrogens is 224 g/mol. The van der Waals surface area contributed by atoms with E-state index in [4.69, 9.17) is 16.3 Å². The molecule has 6 heteroatoms. The van der Waals surface area contributed by atoms with Crippen molar-refractivity contribution in [3.63, 3.8) is 0 Å². The summed E-state index contributed by atoms with van der Waals surface area (Å²) in [4.78, 5) is 23.9. The number of carboxylic acid groups (broad SMARTS) is 1. The Balaban J connectivity index is 2.42. The highest BCUT2D eigenvalue weighted by Gasteiger charge is 2.32. The van der Waals surface area contributed by atoms with Crippen LogP contribution in [0.25, 0.3) is 0 Å². The zero-order valence-electron chi connectivity index (χ0n) is 9.52. The Morgan fingerprint density at radius 3 is 3.00 bits per heavy atom. The lowest BCUT2D eigenvalue weighted by Gasteiger charge is -2.32. The molecule has 1 rings (SSSR count). The number of carbonyl (C=O) groups is 2. The van der Waals surface area contributed by atoms with E-state index in [0.717, 1.165) is 0 Å². The summed E-state index contributed by atoms with van der Waals surface area (Å²) in [6.07, 6.45) is 6.36. The third-order valence-electron chi connectivity index (χ3n) is 2.45. The number of rotatable bonds is 4. The predicted octanol–water partition coefficient (Wildman–Crippen LogP) is -0.105. The van der Waals surface area contributed by atoms with Crippen LogP contribution in [0, 0.1) is 12.3 Å². The van der Waals surface area contributed by atoms with Gasteiger partial charge in [0.2, 0.25) is 0 Å². The average Bonchev–Trinajstić information content (AvgIpc) is 2.34. The highest BCUT2D eigenvalue weighted by Crippen LogP contribution is 2.07. The van der Waals surface area contributed by atoms with E-state index in [-0.39, 0.29) is 19.2 Å². The molecule has 0 saturated carbocycles. The maximum Gasteiger partial charge on any atom is 0.328 e. The van der Waals surface area contributed by atoms with Gasteiger partial charge in [0.25, 0.3) is 0 Å². The normalized spacial score (nSPS) is 19.5. The van der Waals surface area contributed by atoms with Crippen LogP contribution in [0.1, 0.15) is 12.8 Å². The second-order valence-corrected chi connectivity index (χ2v) is 3.66. The van der Waals surface area contributed by atoms with Crippen LogP contribution in [0.3, 0.4) is 0 Å². The average molecular weight is 240 g/mol. The monoisotopic (exact) mass is 240 g/mol. The molecule has 6 nitrogen and oxygen atoms in total. The summed E-state index contributed by atoms with van der Waals surface area (Å²) in [6, 6.07) is -1.28. The number of unbranched alkanes of at least 4 members (excludes halogenated alkanes) is 1. The first kappa shape index (κ1) is 13.3. The van der Waals surface area contributed by atoms with E-state index >= 15 is 0 Å². The third kappa shape index (κ3) is 3.96. The molecule has 0 aromatic carbocycles. The summed E-state index contributed by atoms with van der Waals surface area (Å²) in [6.45, 7) is 1.14. The van der Waals surface area contributed by atoms with Gasteiger partial charge in [-0.25, -0.2) is 9.59 Å². The first-order chi connectivity index (χ1) is 8.16. The smallest absolute Gasteiger partial charge is 0.328 e. The fourth-order valence-electron chi connectivity index (χ4n) is 1.54. The van der Waals surface area contributed by atoms with E-state index in [2.05, 4.69) is 11.2 Å². The zero-order valence-corrected chi connectivity index (χ0v) is 9.52. The molecule has 2 N–H and O–H groups in total. The summed E-state index contributed by atoms with van der Waals surface area (Å²) < 4.78 is 5.04. The van der Waals surface area contributed by atoms with Crippen molar-refractivity contribution in [2.45, 2.75) is 18.9 Å². The predicted molar refractivity (Wildman–Crippen MR) is 60.4 cm³/mol. The van der Waals surface area contributed by atoms with Crippen LogP contribution in [-0.2, 0) is 9.53 Å². The van der Waals surface area contributed by atoms with Crippen LogP contribution in [0.15, 0.2) is 0 Å². The molecule has 0 aromatic heterocycles. The number of carbonyl (C=O) groups excluding carboxylic acids is 1. The molecule has 1 atom stereocenters. The van der Waals surface area contributed by atoms with Gasteiger partial charge in [0.05, 0.1) is 13.2 Å². The summed E-state index contributed by atoms with van der Waals surface area (Å²) >= 11 is 0. The number of nitrogens with one attached hydrogen (secondary N) is 1. The van der Waals surface area contributed by atoms with Crippen LogP contribution in [-0.4, -0.2) is 54.4 Å². The second kappa shape index (κ2) is 6.76. The minimum Gasteiger partial charge on any atom is -0.480 e. The Kier molecular flexibility index (Phi) is 5.30. The minimum atomic E-state index is -1.05. The molecule has 1 heterocycles. The largest absolute Gasteiger partial charge is 0.480 e. The number of hydrogen-bond acceptors (Lipinski definition) is 3. The number of amides is 2. The number of nitrogens with zero attached hydrogens (tertiary/aromatic N) is 1. The van der Waals surface area contributed by atoms with E-state index in [9.17, 15) is 9.59 Å². The van der Waals surface area contributed by atoms with Crippen molar-refractivity contribution in [2.24, 2.45) is 0 Å². The molecule has 0 aromatic rings. The summed E-state index contributed by atoms with van der Waals surface area (Å²) in [5.41, 5.74) is 0. The van der Waals surface area contributed by atoms with Gasteiger partial charge in [-0.2, -0.15) is 0 Å². The summed E-state index contributed by atoms with van der Waals surface area (Å²) in [5.74, 6) is 1.42. The van der Waals surface area contributed by atoms with Gasteiger partial charge in [-0.05, 0) is 6.42 Å². The standard InChI is InChI=1S/C11H16N2O4/c1-2-3-4-5-12-11(16)13-6-7-17-8-9(13)10(14)15/h1,9H,3-8H2,(H,12,16)(H,14,15). The van der Waals surface area contributed by atoms with E-state index in [1.807, 2.05) is 0 Å². The molecular formula is C11H16N2O4. The van der Waals surface area contributed by atoms with Gasteiger partial charge in [0.1, 0.15) is 0 Å². The van der Waals surface area contributed by atoms with E-state index < -0.39 is 12.0 Å². The first-order valence-electron chi connectivity index (χ1n) is 5.45. The van der Waals surface area contributed by atoms with Crippen LogP contribution in [0.2, 0.25) is 0 Å². The van der Waals surface area contributed by atoms with Crippen molar-refractivity contribution in [1.82, 2.24) is 10.2 Å². The molecule has 0 aliphatic carbocycles. The topological polar surface area (TPSA) is 78.9 Å². The number of carboxylic acids is 1. The Labute approximate surface area is 99.9 Å². The number of morpholine rings is 1. The molecule has 1 unspecified atom stereocenters. The van der Waals surface area contributed by atoms with Crippen LogP contribution < -0.4 is 5.32 Å². The first-order valence-corrected chi connectivity index (χ1v) is 5.45. The van der Waals surface area contributed by atoms with Crippen molar-refractivity contribution < 1.29 is 19.4 Å². The highest BCUT2D eigenvalue weighted by molar-refractivity contribution is 5.82. The van der Waals surface area contributed by atoms with E-state index in [0.29, 0.717) is 26.0 Å². The van der Waals surface area contributed by atoms with E-state index in [1.54, 1.807) is 0 Å². The van der Waals surface area contributed by atoms with Gasteiger partial charge in [-0.15, -0.1) is 12.3 Å². The fraction of sp³-hybridized carbons (Fsp3) is 0.636. The van der Waals surface area contributed by atoms with Crippen molar-refractivity contribution >= 4 is 12.0 Å². The lowest BCUT2D eigenvalue weighted by Crippen LogP contribution is -2.55. The number of terminal acetylenes is 1. The molecule has 1 fully saturated rings. The Hall–Kier alpha value is -1.74. The van der Waals surface area contributed by atoms with Crippen molar-refractivity contribution in [1.29, 1.82) is 0 Å². The second-order valence-electron chi connectivity index (χ2n) is 3.66. The lowest BCUT2D eigenvalue weighted by molar-refractivity contribution is -0.147. The van der Waals surface area contributed by atoms with Gasteiger partial charge < -0.3 is 20.1 Å². The number of aliphatic carboxylic acids is 1. The molecule has 1 aliphatic rings. The summed E-state index contributed by atoms with van der Waals surface area (Å²) in [5, 5.41) is 11.6. The maximum atomic E-state index is 11.7. The van der Waals surface area contributed by atoms with Crippen molar-refractivity contribution in [3.05, 3.63) is 0 Å². The molecule has 0 bridgehead atoms. The number of urea groups is 1. The van der Waals surface area contributed by atoms with Crippen LogP contribution in [0.4, 0.5) is 4.79 Å². The fourth-order valence-corrected chi connectivity index (χ4v) is 1.54. The molecule has 94 valence electrons. The summed E-state index contributed by atoms with van der Waals surface area (Å²) in [7, 11) is 0. The Morgan fingerprint density at radius 1 is 1.59 bits per heavy atom. The molecule has 0 spiro atoms. The van der Waals surface area contributed by atoms with Gasteiger partial charge in [0.15, 0.2) is 6.04 Å². The van der Waals surface area contributed by atoms with E-state index in [1.165, 1.54) is 4.90 Å². The van der Waals surface area contributed by atoms with Gasteiger partial charge >= 0.3 is 12.0 Å². The molecule has 0 radical (unpaired) electrons. The highest BCUT2D eigenvalue weighted by atomic mass is 16.5. The third-order valence-corrected chi connectivity index (χ3v) is 2.45. The molecule has 1 aliphatic heterocycles. The number of ether oxygens (including phenoxy) is 1. The van der Waals surface area contributed by atoms with Gasteiger partial charge in [-0.3, -0.25) is 0 Å². The van der Waals surface area contributed by atoms with Crippen molar-refractivity contribution in [2.75, 3.05) is 26.3 Å². The minimum absolute atomic E-state index is 0.0348. The number of hydrogen-bond donors (Lipinski definition) is 2. The zero-order chi connectivity index (χ0) is 12.7. The van der Waals surface area contributed by atoms with Crippen LogP contribution in [0.5, 0.6) is 0 Å². The molecule has 1 saturated heterocycles. The maximum absolute atomic E-state index is 11.7. The SMILES string of the molecule is C#CCCCNC(=O)N1CCOCC1C(=O)O. The van der Waals surface area contributed by atoms with Gasteiger partial charge in [-0.1, -0.05) is 0 Å². The quantitative estimate of drug-likeness (QED) is 0.531. The Bertz CT molecular complexity index is 324. The van der Waals surface area contributed by atoms with Crippen molar-refractivity contribution in [3.8, 4) is 12.3 Å². The molecule has 2 amide bonds. The van der Waals surface area contributed by atoms with Crippen LogP contribution >= 0.6 is 0 Å². The molecule has 17 heavy (non-hydrogen) atoms. The van der Waals surface area contributed by atoms with Gasteiger partial charge in [0, 0.05) is 19.5 Å². The Morgan fingerprint density at radius 2 is 2.35 bits per heavy atom. The lowest BCUT2D eigenvalue weighted by atomic mass is 10.2.